The van der Waals surface area contributed by atoms with Crippen LogP contribution in [0.25, 0.3) is 0 Å². The number of rotatable bonds is 6. The van der Waals surface area contributed by atoms with Crippen LogP contribution in [0.2, 0.25) is 0 Å². The number of piperazine rings is 1. The number of nitrogens with one attached hydrogen (secondary N) is 1. The summed E-state index contributed by atoms with van der Waals surface area (Å²) < 4.78 is 5.43. The molecule has 0 aliphatic carbocycles. The van der Waals surface area contributed by atoms with Crippen LogP contribution in [0, 0.1) is 0 Å². The van der Waals surface area contributed by atoms with Gasteiger partial charge in [0.05, 0.1) is 18.8 Å². The quantitative estimate of drug-likeness (QED) is 0.809. The summed E-state index contributed by atoms with van der Waals surface area (Å²) in [6.07, 6.45) is 1.70. The number of hydrogen-bond acceptors (Lipinski definition) is 4. The summed E-state index contributed by atoms with van der Waals surface area (Å²) >= 11 is 0. The molecule has 0 unspecified atom stereocenters. The van der Waals surface area contributed by atoms with E-state index in [1.54, 1.807) is 13.2 Å². The predicted molar refractivity (Wildman–Crippen MR) is 89.4 cm³/mol. The summed E-state index contributed by atoms with van der Waals surface area (Å²) in [6.45, 7) is 9.59. The third-order valence-electron chi connectivity index (χ3n) is 4.09. The summed E-state index contributed by atoms with van der Waals surface area (Å²) in [7, 11) is 1.70. The first-order valence-corrected chi connectivity index (χ1v) is 7.68. The summed E-state index contributed by atoms with van der Waals surface area (Å²) in [4.78, 5) is 16.5. The van der Waals surface area contributed by atoms with Crippen molar-refractivity contribution in [3.05, 3.63) is 36.9 Å². The lowest BCUT2D eigenvalue weighted by molar-refractivity contribution is -0.125. The minimum Gasteiger partial charge on any atom is -0.495 e. The number of ether oxygens (including phenoxy) is 1. The zero-order valence-corrected chi connectivity index (χ0v) is 13.4. The van der Waals surface area contributed by atoms with Gasteiger partial charge in [-0.3, -0.25) is 9.69 Å². The lowest BCUT2D eigenvalue weighted by Crippen LogP contribution is -2.54. The molecule has 1 atom stereocenters. The zero-order valence-electron chi connectivity index (χ0n) is 13.4. The van der Waals surface area contributed by atoms with Crippen molar-refractivity contribution in [3.63, 3.8) is 0 Å². The van der Waals surface area contributed by atoms with E-state index in [9.17, 15) is 4.79 Å². The average molecular weight is 303 g/mol. The molecule has 0 spiro atoms. The maximum atomic E-state index is 12.0. The second-order valence-electron chi connectivity index (χ2n) is 5.40. The molecule has 1 saturated heterocycles. The van der Waals surface area contributed by atoms with E-state index >= 15 is 0 Å². The molecule has 2 rings (SSSR count). The molecule has 0 radical (unpaired) electrons. The Hall–Kier alpha value is -2.01. The van der Waals surface area contributed by atoms with Crippen molar-refractivity contribution < 1.29 is 9.53 Å². The van der Waals surface area contributed by atoms with Gasteiger partial charge < -0.3 is 15.0 Å². The highest BCUT2D eigenvalue weighted by atomic mass is 16.5. The Morgan fingerprint density at radius 1 is 1.36 bits per heavy atom. The molecule has 5 heteroatoms. The van der Waals surface area contributed by atoms with E-state index in [2.05, 4.69) is 27.8 Å². The van der Waals surface area contributed by atoms with Crippen molar-refractivity contribution in [1.29, 1.82) is 0 Å². The molecule has 1 amide bonds. The van der Waals surface area contributed by atoms with E-state index in [-0.39, 0.29) is 11.9 Å². The Balaban J connectivity index is 1.92. The molecule has 0 bridgehead atoms. The molecule has 1 fully saturated rings. The highest BCUT2D eigenvalue weighted by Gasteiger charge is 2.26. The number of nitrogens with zero attached hydrogens (tertiary/aromatic N) is 2. The molecule has 0 aromatic heterocycles. The molecule has 120 valence electrons. The van der Waals surface area contributed by atoms with Crippen LogP contribution in [0.5, 0.6) is 5.75 Å². The van der Waals surface area contributed by atoms with Crippen molar-refractivity contribution in [3.8, 4) is 5.75 Å². The first-order chi connectivity index (χ1) is 10.7. The van der Waals surface area contributed by atoms with Gasteiger partial charge in [0.25, 0.3) is 0 Å². The third-order valence-corrected chi connectivity index (χ3v) is 4.09. The molecule has 1 aliphatic heterocycles. The van der Waals surface area contributed by atoms with Gasteiger partial charge >= 0.3 is 0 Å². The molecule has 5 nitrogen and oxygen atoms in total. The number of para-hydroxylation sites is 2. The normalized spacial score (nSPS) is 16.9. The van der Waals surface area contributed by atoms with E-state index in [1.165, 1.54) is 0 Å². The van der Waals surface area contributed by atoms with Gasteiger partial charge in [-0.05, 0) is 19.1 Å². The van der Waals surface area contributed by atoms with E-state index in [4.69, 9.17) is 4.74 Å². The molecule has 1 heterocycles. The summed E-state index contributed by atoms with van der Waals surface area (Å²) in [5.41, 5.74) is 1.12. The molecule has 22 heavy (non-hydrogen) atoms. The van der Waals surface area contributed by atoms with Gasteiger partial charge in [-0.1, -0.05) is 18.2 Å². The lowest BCUT2D eigenvalue weighted by Gasteiger charge is -2.38. The fourth-order valence-corrected chi connectivity index (χ4v) is 2.73. The fraction of sp³-hybridized carbons (Fsp3) is 0.471. The van der Waals surface area contributed by atoms with Crippen molar-refractivity contribution in [1.82, 2.24) is 10.2 Å². The summed E-state index contributed by atoms with van der Waals surface area (Å²) in [6, 6.07) is 7.95. The predicted octanol–water partition coefficient (Wildman–Crippen LogP) is 1.51. The van der Waals surface area contributed by atoms with Gasteiger partial charge in [-0.15, -0.1) is 6.58 Å². The Morgan fingerprint density at radius 2 is 2.05 bits per heavy atom. The minimum atomic E-state index is -0.111. The zero-order chi connectivity index (χ0) is 15.9. The van der Waals surface area contributed by atoms with Crippen LogP contribution >= 0.6 is 0 Å². The Morgan fingerprint density at radius 3 is 2.68 bits per heavy atom. The van der Waals surface area contributed by atoms with Crippen molar-refractivity contribution >= 4 is 11.6 Å². The lowest BCUT2D eigenvalue weighted by atomic mass is 10.2. The summed E-state index contributed by atoms with van der Waals surface area (Å²) in [5, 5.41) is 2.86. The number of methoxy groups -OCH3 is 1. The highest BCUT2D eigenvalue weighted by molar-refractivity contribution is 5.81. The van der Waals surface area contributed by atoms with Crippen LogP contribution in [-0.4, -0.2) is 56.7 Å². The minimum absolute atomic E-state index is 0.0608. The maximum absolute atomic E-state index is 12.0. The number of carbonyl (C=O) groups is 1. The molecule has 1 aliphatic rings. The van der Waals surface area contributed by atoms with E-state index in [0.29, 0.717) is 6.54 Å². The third kappa shape index (κ3) is 3.80. The second kappa shape index (κ2) is 7.84. The number of amides is 1. The number of carbonyl (C=O) groups excluding carboxylic acids is 1. The Bertz CT molecular complexity index is 510. The smallest absolute Gasteiger partial charge is 0.237 e. The standard InChI is InChI=1S/C17H25N3O2/c1-4-9-18-17(21)14(2)19-10-12-20(13-11-19)15-7-5-6-8-16(15)22-3/h4-8,14H,1,9-13H2,2-3H3,(H,18,21)/t14-/m0/s1. The van der Waals surface area contributed by atoms with Gasteiger partial charge in [0.15, 0.2) is 0 Å². The summed E-state index contributed by atoms with van der Waals surface area (Å²) in [5.74, 6) is 0.957. The SMILES string of the molecule is C=CCNC(=O)[C@H](C)N1CCN(c2ccccc2OC)CC1. The Kier molecular flexibility index (Phi) is 5.83. The van der Waals surface area contributed by atoms with Crippen LogP contribution in [0.1, 0.15) is 6.92 Å². The second-order valence-corrected chi connectivity index (χ2v) is 5.40. The molecular weight excluding hydrogens is 278 g/mol. The van der Waals surface area contributed by atoms with E-state index < -0.39 is 0 Å². The van der Waals surface area contributed by atoms with Crippen molar-refractivity contribution in [2.45, 2.75) is 13.0 Å². The highest BCUT2D eigenvalue weighted by Crippen LogP contribution is 2.28. The topological polar surface area (TPSA) is 44.8 Å². The average Bonchev–Trinajstić information content (AvgIpc) is 2.59. The number of hydrogen-bond donors (Lipinski definition) is 1. The maximum Gasteiger partial charge on any atom is 0.237 e. The number of benzene rings is 1. The molecule has 1 aromatic carbocycles. The monoisotopic (exact) mass is 303 g/mol. The van der Waals surface area contributed by atoms with Gasteiger partial charge in [0, 0.05) is 32.7 Å². The van der Waals surface area contributed by atoms with Crippen LogP contribution < -0.4 is 15.0 Å². The molecular formula is C17H25N3O2. The van der Waals surface area contributed by atoms with Crippen LogP contribution in [-0.2, 0) is 4.79 Å². The van der Waals surface area contributed by atoms with Crippen molar-refractivity contribution in [2.24, 2.45) is 0 Å². The van der Waals surface area contributed by atoms with Gasteiger partial charge in [-0.25, -0.2) is 0 Å². The van der Waals surface area contributed by atoms with Crippen LogP contribution in [0.15, 0.2) is 36.9 Å². The van der Waals surface area contributed by atoms with Gasteiger partial charge in [0.1, 0.15) is 5.75 Å². The van der Waals surface area contributed by atoms with Crippen LogP contribution in [0.3, 0.4) is 0 Å². The van der Waals surface area contributed by atoms with Gasteiger partial charge in [0.2, 0.25) is 5.91 Å². The first-order valence-electron chi connectivity index (χ1n) is 7.68. The Labute approximate surface area is 132 Å². The fourth-order valence-electron chi connectivity index (χ4n) is 2.73. The molecule has 0 saturated carbocycles. The van der Waals surface area contributed by atoms with Crippen molar-refractivity contribution in [2.75, 3.05) is 44.7 Å². The molecule has 1 aromatic rings. The first kappa shape index (κ1) is 16.4. The molecule has 1 N–H and O–H groups in total. The van der Waals surface area contributed by atoms with E-state index in [1.807, 2.05) is 25.1 Å². The van der Waals surface area contributed by atoms with E-state index in [0.717, 1.165) is 37.6 Å². The van der Waals surface area contributed by atoms with Gasteiger partial charge in [-0.2, -0.15) is 0 Å². The van der Waals surface area contributed by atoms with Crippen LogP contribution in [0.4, 0.5) is 5.69 Å². The largest absolute Gasteiger partial charge is 0.495 e. The number of anilines is 1.